The van der Waals surface area contributed by atoms with Gasteiger partial charge in [0.2, 0.25) is 11.8 Å². The van der Waals surface area contributed by atoms with Crippen LogP contribution in [0, 0.1) is 0 Å². The lowest BCUT2D eigenvalue weighted by molar-refractivity contribution is -0.141. The molecule has 0 aromatic carbocycles. The molecule has 1 aliphatic heterocycles. The minimum atomic E-state index is -0.186. The standard InChI is InChI=1S/C16H26N2O3/c1-3-15(19)17(4-2)12-16(20)18-10-8-14(9-11-18)21-13-6-5-7-13/h3,13-14H,1,4-12H2,2H3. The molecule has 1 heterocycles. The lowest BCUT2D eigenvalue weighted by Crippen LogP contribution is -2.47. The Kier molecular flexibility index (Phi) is 5.79. The van der Waals surface area contributed by atoms with Crippen molar-refractivity contribution in [1.82, 2.24) is 9.80 Å². The second kappa shape index (κ2) is 7.59. The molecule has 5 heteroatoms. The average Bonchev–Trinajstić information content (AvgIpc) is 2.48. The zero-order valence-electron chi connectivity index (χ0n) is 12.9. The summed E-state index contributed by atoms with van der Waals surface area (Å²) in [6.07, 6.45) is 7.49. The SMILES string of the molecule is C=CC(=O)N(CC)CC(=O)N1CCC(OC2CCC2)CC1. The molecule has 0 spiro atoms. The smallest absolute Gasteiger partial charge is 0.246 e. The molecular weight excluding hydrogens is 268 g/mol. The maximum absolute atomic E-state index is 12.2. The second-order valence-corrected chi connectivity index (χ2v) is 5.83. The van der Waals surface area contributed by atoms with Crippen molar-refractivity contribution in [3.8, 4) is 0 Å². The van der Waals surface area contributed by atoms with Gasteiger partial charge in [-0.2, -0.15) is 0 Å². The first-order chi connectivity index (χ1) is 10.1. The van der Waals surface area contributed by atoms with E-state index in [4.69, 9.17) is 4.74 Å². The molecule has 0 radical (unpaired) electrons. The van der Waals surface area contributed by atoms with Crippen molar-refractivity contribution in [2.24, 2.45) is 0 Å². The predicted octanol–water partition coefficient (Wildman–Crippen LogP) is 1.58. The Bertz CT molecular complexity index is 385. The highest BCUT2D eigenvalue weighted by Crippen LogP contribution is 2.26. The molecule has 1 saturated carbocycles. The quantitative estimate of drug-likeness (QED) is 0.699. The van der Waals surface area contributed by atoms with Crippen LogP contribution < -0.4 is 0 Å². The van der Waals surface area contributed by atoms with E-state index in [1.807, 2.05) is 11.8 Å². The van der Waals surface area contributed by atoms with Crippen molar-refractivity contribution in [2.45, 2.75) is 51.2 Å². The number of rotatable bonds is 6. The Morgan fingerprint density at radius 3 is 2.33 bits per heavy atom. The van der Waals surface area contributed by atoms with Crippen molar-refractivity contribution in [3.05, 3.63) is 12.7 Å². The molecule has 2 rings (SSSR count). The van der Waals surface area contributed by atoms with Crippen LogP contribution in [-0.4, -0.2) is 60.0 Å². The molecule has 2 fully saturated rings. The van der Waals surface area contributed by atoms with Gasteiger partial charge < -0.3 is 14.5 Å². The Labute approximate surface area is 126 Å². The summed E-state index contributed by atoms with van der Waals surface area (Å²) in [5, 5.41) is 0. The van der Waals surface area contributed by atoms with Crippen LogP contribution in [0.4, 0.5) is 0 Å². The lowest BCUT2D eigenvalue weighted by atomic mass is 9.95. The molecule has 2 aliphatic rings. The molecule has 0 aromatic rings. The van der Waals surface area contributed by atoms with Gasteiger partial charge in [0, 0.05) is 19.6 Å². The maximum atomic E-state index is 12.2. The number of hydrogen-bond donors (Lipinski definition) is 0. The van der Waals surface area contributed by atoms with Gasteiger partial charge in [0.1, 0.15) is 0 Å². The van der Waals surface area contributed by atoms with Gasteiger partial charge in [0.25, 0.3) is 0 Å². The van der Waals surface area contributed by atoms with E-state index in [9.17, 15) is 9.59 Å². The van der Waals surface area contributed by atoms with Gasteiger partial charge in [-0.3, -0.25) is 9.59 Å². The zero-order valence-corrected chi connectivity index (χ0v) is 12.9. The number of nitrogens with zero attached hydrogens (tertiary/aromatic N) is 2. The van der Waals surface area contributed by atoms with Gasteiger partial charge in [0.15, 0.2) is 0 Å². The number of carbonyl (C=O) groups excluding carboxylic acids is 2. The molecule has 21 heavy (non-hydrogen) atoms. The number of amides is 2. The van der Waals surface area contributed by atoms with Crippen LogP contribution in [0.1, 0.15) is 39.0 Å². The maximum Gasteiger partial charge on any atom is 0.246 e. The van der Waals surface area contributed by atoms with Crippen molar-refractivity contribution in [2.75, 3.05) is 26.2 Å². The molecule has 2 amide bonds. The molecule has 118 valence electrons. The first-order valence-electron chi connectivity index (χ1n) is 7.98. The molecule has 1 saturated heterocycles. The van der Waals surface area contributed by atoms with Crippen molar-refractivity contribution >= 4 is 11.8 Å². The number of likely N-dealkylation sites (tertiary alicyclic amines) is 1. The fourth-order valence-electron chi connectivity index (χ4n) is 2.76. The summed E-state index contributed by atoms with van der Waals surface area (Å²) in [4.78, 5) is 27.2. The van der Waals surface area contributed by atoms with Crippen LogP contribution in [0.5, 0.6) is 0 Å². The largest absolute Gasteiger partial charge is 0.375 e. The molecule has 0 atom stereocenters. The normalized spacial score (nSPS) is 20.0. The van der Waals surface area contributed by atoms with E-state index in [0.717, 1.165) is 25.9 Å². The highest BCUT2D eigenvalue weighted by Gasteiger charge is 2.28. The second-order valence-electron chi connectivity index (χ2n) is 5.83. The first-order valence-corrected chi connectivity index (χ1v) is 7.98. The summed E-state index contributed by atoms with van der Waals surface area (Å²) < 4.78 is 6.00. The third-order valence-electron chi connectivity index (χ3n) is 4.43. The highest BCUT2D eigenvalue weighted by molar-refractivity contribution is 5.90. The first kappa shape index (κ1) is 16.0. The molecule has 0 N–H and O–H groups in total. The van der Waals surface area contributed by atoms with Gasteiger partial charge in [-0.25, -0.2) is 0 Å². The van der Waals surface area contributed by atoms with Crippen molar-refractivity contribution < 1.29 is 14.3 Å². The van der Waals surface area contributed by atoms with E-state index in [2.05, 4.69) is 6.58 Å². The van der Waals surface area contributed by atoms with Crippen molar-refractivity contribution in [1.29, 1.82) is 0 Å². The number of carbonyl (C=O) groups is 2. The number of hydrogen-bond acceptors (Lipinski definition) is 3. The van der Waals surface area contributed by atoms with Gasteiger partial charge >= 0.3 is 0 Å². The van der Waals surface area contributed by atoms with Gasteiger partial charge in [-0.1, -0.05) is 6.58 Å². The molecular formula is C16H26N2O3. The summed E-state index contributed by atoms with van der Waals surface area (Å²) in [5.74, 6) is -0.164. The predicted molar refractivity (Wildman–Crippen MR) is 80.8 cm³/mol. The number of likely N-dealkylation sites (N-methyl/N-ethyl adjacent to an activating group) is 1. The van der Waals surface area contributed by atoms with Crippen LogP contribution in [0.15, 0.2) is 12.7 Å². The number of piperidine rings is 1. The van der Waals surface area contributed by atoms with Gasteiger partial charge in [-0.15, -0.1) is 0 Å². The highest BCUT2D eigenvalue weighted by atomic mass is 16.5. The minimum Gasteiger partial charge on any atom is -0.375 e. The Balaban J connectivity index is 1.74. The Morgan fingerprint density at radius 2 is 1.86 bits per heavy atom. The van der Waals surface area contributed by atoms with E-state index in [0.29, 0.717) is 18.8 Å². The summed E-state index contributed by atoms with van der Waals surface area (Å²) in [7, 11) is 0. The van der Waals surface area contributed by atoms with Crippen LogP contribution in [-0.2, 0) is 14.3 Å². The molecule has 0 aromatic heterocycles. The lowest BCUT2D eigenvalue weighted by Gasteiger charge is -2.36. The summed E-state index contributed by atoms with van der Waals surface area (Å²) in [5.41, 5.74) is 0. The van der Waals surface area contributed by atoms with Crippen LogP contribution in [0.3, 0.4) is 0 Å². The summed E-state index contributed by atoms with van der Waals surface area (Å²) in [6, 6.07) is 0. The van der Waals surface area contributed by atoms with Gasteiger partial charge in [-0.05, 0) is 45.1 Å². The topological polar surface area (TPSA) is 49.9 Å². The van der Waals surface area contributed by atoms with E-state index >= 15 is 0 Å². The van der Waals surface area contributed by atoms with Crippen LogP contribution in [0.25, 0.3) is 0 Å². The van der Waals surface area contributed by atoms with Crippen LogP contribution in [0.2, 0.25) is 0 Å². The molecule has 0 unspecified atom stereocenters. The Morgan fingerprint density at radius 1 is 1.24 bits per heavy atom. The fraction of sp³-hybridized carbons (Fsp3) is 0.750. The van der Waals surface area contributed by atoms with Crippen molar-refractivity contribution in [3.63, 3.8) is 0 Å². The third kappa shape index (κ3) is 4.30. The van der Waals surface area contributed by atoms with E-state index < -0.39 is 0 Å². The molecule has 0 bridgehead atoms. The Hall–Kier alpha value is -1.36. The number of ether oxygens (including phenoxy) is 1. The van der Waals surface area contributed by atoms with E-state index in [1.54, 1.807) is 0 Å². The third-order valence-corrected chi connectivity index (χ3v) is 4.43. The van der Waals surface area contributed by atoms with Crippen LogP contribution >= 0.6 is 0 Å². The summed E-state index contributed by atoms with van der Waals surface area (Å²) in [6.45, 7) is 7.47. The average molecular weight is 294 g/mol. The molecule has 1 aliphatic carbocycles. The molecule has 5 nitrogen and oxygen atoms in total. The monoisotopic (exact) mass is 294 g/mol. The van der Waals surface area contributed by atoms with E-state index in [1.165, 1.54) is 30.2 Å². The summed E-state index contributed by atoms with van der Waals surface area (Å²) >= 11 is 0. The van der Waals surface area contributed by atoms with E-state index in [-0.39, 0.29) is 18.4 Å². The minimum absolute atomic E-state index is 0.0224. The zero-order chi connectivity index (χ0) is 15.2. The van der Waals surface area contributed by atoms with Gasteiger partial charge in [0.05, 0.1) is 18.8 Å². The fourth-order valence-corrected chi connectivity index (χ4v) is 2.76.